The number of hydrogen-bond donors (Lipinski definition) is 0. The van der Waals surface area contributed by atoms with Gasteiger partial charge in [-0.1, -0.05) is 58.4 Å². The summed E-state index contributed by atoms with van der Waals surface area (Å²) in [5, 5.41) is 0. The van der Waals surface area contributed by atoms with E-state index in [0.717, 1.165) is 36.3 Å². The van der Waals surface area contributed by atoms with E-state index >= 15 is 0 Å². The van der Waals surface area contributed by atoms with Gasteiger partial charge in [0.1, 0.15) is 11.9 Å². The molecule has 0 aliphatic rings. The van der Waals surface area contributed by atoms with Crippen LogP contribution in [0.4, 0.5) is 0 Å². The van der Waals surface area contributed by atoms with E-state index in [-0.39, 0.29) is 12.1 Å². The SMILES string of the molecule is CCCCCCCCc1ccc(-c2ccc(OCCC(C)OC(=O)CCCC)cc2)nc1. The van der Waals surface area contributed by atoms with Crippen LogP contribution in [0.1, 0.15) is 90.5 Å². The van der Waals surface area contributed by atoms with Gasteiger partial charge in [0.2, 0.25) is 0 Å². The van der Waals surface area contributed by atoms with Gasteiger partial charge in [0.15, 0.2) is 0 Å². The third-order valence-electron chi connectivity index (χ3n) is 5.65. The fraction of sp³-hybridized carbons (Fsp3) is 0.571. The van der Waals surface area contributed by atoms with Gasteiger partial charge in [0.05, 0.1) is 12.3 Å². The molecule has 0 aliphatic heterocycles. The summed E-state index contributed by atoms with van der Waals surface area (Å²) in [5.41, 5.74) is 3.38. The van der Waals surface area contributed by atoms with Crippen molar-refractivity contribution in [2.24, 2.45) is 0 Å². The van der Waals surface area contributed by atoms with Crippen LogP contribution in [0.25, 0.3) is 11.3 Å². The normalized spacial score (nSPS) is 11.8. The Balaban J connectivity index is 1.71. The van der Waals surface area contributed by atoms with Crippen LogP contribution in [0.15, 0.2) is 42.6 Å². The molecule has 0 saturated heterocycles. The number of nitrogens with zero attached hydrogens (tertiary/aromatic N) is 1. The molecule has 1 heterocycles. The van der Waals surface area contributed by atoms with E-state index in [0.29, 0.717) is 19.4 Å². The van der Waals surface area contributed by atoms with Crippen LogP contribution < -0.4 is 4.74 Å². The molecule has 0 aliphatic carbocycles. The molecule has 0 N–H and O–H groups in total. The number of rotatable bonds is 16. The van der Waals surface area contributed by atoms with E-state index in [1.165, 1.54) is 44.1 Å². The van der Waals surface area contributed by atoms with Crippen molar-refractivity contribution in [2.45, 2.75) is 97.5 Å². The average Bonchev–Trinajstić information content (AvgIpc) is 2.81. The number of aromatic nitrogens is 1. The molecule has 1 atom stereocenters. The second kappa shape index (κ2) is 15.4. The molecule has 0 radical (unpaired) electrons. The lowest BCUT2D eigenvalue weighted by molar-refractivity contribution is -0.148. The first-order valence-electron chi connectivity index (χ1n) is 12.5. The van der Waals surface area contributed by atoms with Crippen molar-refractivity contribution in [3.63, 3.8) is 0 Å². The Morgan fingerprint density at radius 1 is 0.906 bits per heavy atom. The maximum absolute atomic E-state index is 11.7. The highest BCUT2D eigenvalue weighted by atomic mass is 16.5. The lowest BCUT2D eigenvalue weighted by Crippen LogP contribution is -2.17. The van der Waals surface area contributed by atoms with E-state index in [9.17, 15) is 4.79 Å². The summed E-state index contributed by atoms with van der Waals surface area (Å²) in [5.74, 6) is 0.701. The average molecular weight is 440 g/mol. The number of hydrogen-bond acceptors (Lipinski definition) is 4. The molecule has 2 rings (SSSR count). The Morgan fingerprint density at radius 3 is 2.31 bits per heavy atom. The lowest BCUT2D eigenvalue weighted by atomic mass is 10.1. The highest BCUT2D eigenvalue weighted by Gasteiger charge is 2.09. The van der Waals surface area contributed by atoms with Gasteiger partial charge in [-0.3, -0.25) is 9.78 Å². The summed E-state index contributed by atoms with van der Waals surface area (Å²) in [4.78, 5) is 16.3. The standard InChI is InChI=1S/C28H41NO3/c1-4-6-8-9-10-11-12-24-14-19-27(29-22-24)25-15-17-26(18-16-25)31-21-20-23(3)32-28(30)13-7-5-2/h14-19,22-23H,4-13,20-21H2,1-3H3. The van der Waals surface area contributed by atoms with E-state index in [2.05, 4.69) is 31.0 Å². The molecule has 0 saturated carbocycles. The zero-order valence-corrected chi connectivity index (χ0v) is 20.3. The van der Waals surface area contributed by atoms with Gasteiger partial charge in [-0.15, -0.1) is 0 Å². The molecule has 0 bridgehead atoms. The van der Waals surface area contributed by atoms with Crippen molar-refractivity contribution in [1.29, 1.82) is 0 Å². The third kappa shape index (κ3) is 10.3. The Kier molecular flexibility index (Phi) is 12.5. The highest BCUT2D eigenvalue weighted by Crippen LogP contribution is 2.22. The predicted molar refractivity (Wildman–Crippen MR) is 132 cm³/mol. The Morgan fingerprint density at radius 2 is 1.62 bits per heavy atom. The smallest absolute Gasteiger partial charge is 0.306 e. The fourth-order valence-corrected chi connectivity index (χ4v) is 3.58. The lowest BCUT2D eigenvalue weighted by Gasteiger charge is -2.14. The van der Waals surface area contributed by atoms with Gasteiger partial charge in [-0.2, -0.15) is 0 Å². The number of pyridine rings is 1. The zero-order chi connectivity index (χ0) is 23.0. The van der Waals surface area contributed by atoms with Crippen LogP contribution in [-0.2, 0) is 16.0 Å². The zero-order valence-electron chi connectivity index (χ0n) is 20.3. The quantitative estimate of drug-likeness (QED) is 0.200. The number of carbonyl (C=O) groups is 1. The minimum Gasteiger partial charge on any atom is -0.493 e. The first kappa shape index (κ1) is 25.9. The summed E-state index contributed by atoms with van der Waals surface area (Å²) in [6, 6.07) is 12.3. The first-order valence-corrected chi connectivity index (χ1v) is 12.5. The predicted octanol–water partition coefficient (Wildman–Crippen LogP) is 7.54. The van der Waals surface area contributed by atoms with Gasteiger partial charge < -0.3 is 9.47 Å². The van der Waals surface area contributed by atoms with E-state index in [1.807, 2.05) is 37.4 Å². The molecule has 0 spiro atoms. The van der Waals surface area contributed by atoms with Crippen molar-refractivity contribution in [3.8, 4) is 17.0 Å². The summed E-state index contributed by atoms with van der Waals surface area (Å²) < 4.78 is 11.2. The molecule has 0 amide bonds. The van der Waals surface area contributed by atoms with Crippen molar-refractivity contribution in [2.75, 3.05) is 6.61 Å². The van der Waals surface area contributed by atoms with Gasteiger partial charge in [-0.05, 0) is 62.1 Å². The van der Waals surface area contributed by atoms with Crippen LogP contribution in [0.2, 0.25) is 0 Å². The van der Waals surface area contributed by atoms with Crippen molar-refractivity contribution < 1.29 is 14.3 Å². The van der Waals surface area contributed by atoms with E-state index in [1.54, 1.807) is 0 Å². The summed E-state index contributed by atoms with van der Waals surface area (Å²) in [6.07, 6.45) is 14.0. The van der Waals surface area contributed by atoms with Gasteiger partial charge in [-0.25, -0.2) is 0 Å². The molecule has 4 nitrogen and oxygen atoms in total. The molecule has 32 heavy (non-hydrogen) atoms. The maximum atomic E-state index is 11.7. The number of aryl methyl sites for hydroxylation is 1. The van der Waals surface area contributed by atoms with Crippen molar-refractivity contribution in [3.05, 3.63) is 48.2 Å². The molecule has 1 aromatic carbocycles. The third-order valence-corrected chi connectivity index (χ3v) is 5.65. The molecule has 2 aromatic rings. The Hall–Kier alpha value is -2.36. The molecular formula is C28H41NO3. The van der Waals surface area contributed by atoms with Crippen molar-refractivity contribution >= 4 is 5.97 Å². The number of unbranched alkanes of at least 4 members (excludes halogenated alkanes) is 6. The summed E-state index contributed by atoms with van der Waals surface area (Å²) >= 11 is 0. The van der Waals surface area contributed by atoms with Crippen LogP contribution in [0.3, 0.4) is 0 Å². The van der Waals surface area contributed by atoms with E-state index in [4.69, 9.17) is 9.47 Å². The first-order chi connectivity index (χ1) is 15.6. The number of benzene rings is 1. The summed E-state index contributed by atoms with van der Waals surface area (Å²) in [6.45, 7) is 6.76. The minimum atomic E-state index is -0.127. The molecule has 1 unspecified atom stereocenters. The number of esters is 1. The second-order valence-corrected chi connectivity index (χ2v) is 8.63. The molecule has 4 heteroatoms. The topological polar surface area (TPSA) is 48.4 Å². The highest BCUT2D eigenvalue weighted by molar-refractivity contribution is 5.69. The fourth-order valence-electron chi connectivity index (χ4n) is 3.58. The monoisotopic (exact) mass is 439 g/mol. The van der Waals surface area contributed by atoms with Crippen LogP contribution in [-0.4, -0.2) is 23.7 Å². The molecule has 0 fully saturated rings. The minimum absolute atomic E-state index is 0.116. The number of carbonyl (C=O) groups excluding carboxylic acids is 1. The Bertz CT molecular complexity index is 755. The molecule has 176 valence electrons. The Labute approximate surface area is 194 Å². The second-order valence-electron chi connectivity index (χ2n) is 8.63. The van der Waals surface area contributed by atoms with Crippen LogP contribution in [0.5, 0.6) is 5.75 Å². The van der Waals surface area contributed by atoms with Gasteiger partial charge >= 0.3 is 5.97 Å². The van der Waals surface area contributed by atoms with Gasteiger partial charge in [0, 0.05) is 24.6 Å². The van der Waals surface area contributed by atoms with E-state index < -0.39 is 0 Å². The van der Waals surface area contributed by atoms with Gasteiger partial charge in [0.25, 0.3) is 0 Å². The van der Waals surface area contributed by atoms with Crippen molar-refractivity contribution in [1.82, 2.24) is 4.98 Å². The van der Waals surface area contributed by atoms with Crippen LogP contribution in [0, 0.1) is 0 Å². The molecular weight excluding hydrogens is 398 g/mol. The maximum Gasteiger partial charge on any atom is 0.306 e. The number of ether oxygens (including phenoxy) is 2. The molecule has 1 aromatic heterocycles. The summed E-state index contributed by atoms with van der Waals surface area (Å²) in [7, 11) is 0. The van der Waals surface area contributed by atoms with Crippen LogP contribution >= 0.6 is 0 Å². The largest absolute Gasteiger partial charge is 0.493 e.